The van der Waals surface area contributed by atoms with Crippen LogP contribution in [0, 0.1) is 5.82 Å². The fourth-order valence-corrected chi connectivity index (χ4v) is 2.91. The molecule has 3 rings (SSSR count). The van der Waals surface area contributed by atoms with Crippen molar-refractivity contribution >= 4 is 17.5 Å². The van der Waals surface area contributed by atoms with Crippen LogP contribution in [-0.4, -0.2) is 48.5 Å². The normalized spacial score (nSPS) is 15.4. The number of benzene rings is 2. The maximum atomic E-state index is 12.9. The summed E-state index contributed by atoms with van der Waals surface area (Å²) >= 11 is 5.83. The third kappa shape index (κ3) is 5.18. The second kappa shape index (κ2) is 8.32. The first-order valence-corrected chi connectivity index (χ1v) is 8.61. The van der Waals surface area contributed by atoms with Crippen molar-refractivity contribution in [1.82, 2.24) is 9.80 Å². The molecular weight excluding hydrogens is 343 g/mol. The molecule has 0 aliphatic carbocycles. The summed E-state index contributed by atoms with van der Waals surface area (Å²) in [5, 5.41) is 0.666. The summed E-state index contributed by atoms with van der Waals surface area (Å²) in [7, 11) is 0. The fourth-order valence-electron chi connectivity index (χ4n) is 2.78. The first-order valence-electron chi connectivity index (χ1n) is 8.23. The lowest BCUT2D eigenvalue weighted by Crippen LogP contribution is -2.50. The minimum Gasteiger partial charge on any atom is -0.492 e. The quantitative estimate of drug-likeness (QED) is 0.791. The van der Waals surface area contributed by atoms with E-state index in [2.05, 4.69) is 4.90 Å². The Morgan fingerprint density at radius 2 is 1.76 bits per heavy atom. The zero-order valence-electron chi connectivity index (χ0n) is 13.8. The second-order valence-electron chi connectivity index (χ2n) is 6.02. The number of nitrogens with zero attached hydrogens (tertiary/aromatic N) is 2. The summed E-state index contributed by atoms with van der Waals surface area (Å²) in [4.78, 5) is 16.2. The highest BCUT2D eigenvalue weighted by Gasteiger charge is 2.23. The SMILES string of the molecule is O=C1CN(Cc2ccc(F)cc2)CCN1CCOc1ccc(Cl)cc1. The van der Waals surface area contributed by atoms with E-state index in [1.807, 2.05) is 17.0 Å². The van der Waals surface area contributed by atoms with Crippen LogP contribution >= 0.6 is 11.6 Å². The van der Waals surface area contributed by atoms with E-state index in [4.69, 9.17) is 16.3 Å². The fraction of sp³-hybridized carbons (Fsp3) is 0.316. The number of hydrogen-bond acceptors (Lipinski definition) is 3. The van der Waals surface area contributed by atoms with Crippen molar-refractivity contribution in [2.45, 2.75) is 6.54 Å². The molecule has 1 amide bonds. The monoisotopic (exact) mass is 362 g/mol. The van der Waals surface area contributed by atoms with E-state index >= 15 is 0 Å². The molecule has 25 heavy (non-hydrogen) atoms. The molecule has 0 atom stereocenters. The van der Waals surface area contributed by atoms with E-state index in [0.717, 1.165) is 17.9 Å². The van der Waals surface area contributed by atoms with Gasteiger partial charge in [0.25, 0.3) is 0 Å². The highest BCUT2D eigenvalue weighted by Crippen LogP contribution is 2.16. The third-order valence-electron chi connectivity index (χ3n) is 4.16. The van der Waals surface area contributed by atoms with E-state index in [9.17, 15) is 9.18 Å². The molecule has 6 heteroatoms. The molecule has 1 fully saturated rings. The van der Waals surface area contributed by atoms with Gasteiger partial charge in [-0.05, 0) is 42.0 Å². The molecule has 132 valence electrons. The van der Waals surface area contributed by atoms with Crippen LogP contribution in [0.4, 0.5) is 4.39 Å². The van der Waals surface area contributed by atoms with Crippen LogP contribution in [0.3, 0.4) is 0 Å². The second-order valence-corrected chi connectivity index (χ2v) is 6.46. The van der Waals surface area contributed by atoms with Gasteiger partial charge in [0.15, 0.2) is 0 Å². The lowest BCUT2D eigenvalue weighted by atomic mass is 10.2. The maximum absolute atomic E-state index is 12.9. The van der Waals surface area contributed by atoms with E-state index in [-0.39, 0.29) is 11.7 Å². The van der Waals surface area contributed by atoms with Gasteiger partial charge in [-0.15, -0.1) is 0 Å². The van der Waals surface area contributed by atoms with Crippen molar-refractivity contribution in [2.75, 3.05) is 32.8 Å². The van der Waals surface area contributed by atoms with Crippen molar-refractivity contribution in [3.05, 3.63) is 64.9 Å². The first-order chi connectivity index (χ1) is 12.1. The summed E-state index contributed by atoms with van der Waals surface area (Å²) in [6.07, 6.45) is 0. The zero-order chi connectivity index (χ0) is 17.6. The molecular formula is C19H20ClFN2O2. The van der Waals surface area contributed by atoms with Gasteiger partial charge in [0.05, 0.1) is 13.1 Å². The minimum absolute atomic E-state index is 0.0908. The molecule has 1 saturated heterocycles. The van der Waals surface area contributed by atoms with Gasteiger partial charge in [0, 0.05) is 24.7 Å². The lowest BCUT2D eigenvalue weighted by Gasteiger charge is -2.34. The van der Waals surface area contributed by atoms with Crippen LogP contribution in [0.25, 0.3) is 0 Å². The number of ether oxygens (including phenoxy) is 1. The third-order valence-corrected chi connectivity index (χ3v) is 4.41. The molecule has 2 aromatic carbocycles. The summed E-state index contributed by atoms with van der Waals surface area (Å²) in [5.74, 6) is 0.588. The average molecular weight is 363 g/mol. The van der Waals surface area contributed by atoms with Gasteiger partial charge in [0.1, 0.15) is 18.2 Å². The van der Waals surface area contributed by atoms with Gasteiger partial charge >= 0.3 is 0 Å². The van der Waals surface area contributed by atoms with Crippen molar-refractivity contribution < 1.29 is 13.9 Å². The van der Waals surface area contributed by atoms with Gasteiger partial charge in [-0.3, -0.25) is 9.69 Å². The number of carbonyl (C=O) groups excluding carboxylic acids is 1. The van der Waals surface area contributed by atoms with E-state index < -0.39 is 0 Å². The predicted molar refractivity (Wildman–Crippen MR) is 95.2 cm³/mol. The number of hydrogen-bond donors (Lipinski definition) is 0. The summed E-state index contributed by atoms with van der Waals surface area (Å²) < 4.78 is 18.6. The van der Waals surface area contributed by atoms with E-state index in [1.165, 1.54) is 12.1 Å². The average Bonchev–Trinajstić information content (AvgIpc) is 2.60. The van der Waals surface area contributed by atoms with Crippen molar-refractivity contribution in [3.8, 4) is 5.75 Å². The molecule has 0 spiro atoms. The van der Waals surface area contributed by atoms with Crippen LogP contribution in [0.2, 0.25) is 5.02 Å². The largest absolute Gasteiger partial charge is 0.492 e. The number of halogens is 2. The van der Waals surface area contributed by atoms with Gasteiger partial charge in [-0.1, -0.05) is 23.7 Å². The Morgan fingerprint density at radius 1 is 1.04 bits per heavy atom. The highest BCUT2D eigenvalue weighted by atomic mass is 35.5. The molecule has 2 aromatic rings. The van der Waals surface area contributed by atoms with Crippen molar-refractivity contribution in [1.29, 1.82) is 0 Å². The Kier molecular flexibility index (Phi) is 5.89. The molecule has 0 bridgehead atoms. The van der Waals surface area contributed by atoms with Crippen LogP contribution in [0.1, 0.15) is 5.56 Å². The molecule has 1 heterocycles. The van der Waals surface area contributed by atoms with Crippen LogP contribution in [0.5, 0.6) is 5.75 Å². The number of rotatable bonds is 6. The Labute approximate surface area is 151 Å². The van der Waals surface area contributed by atoms with Gasteiger partial charge in [0.2, 0.25) is 5.91 Å². The van der Waals surface area contributed by atoms with Gasteiger partial charge in [-0.25, -0.2) is 4.39 Å². The Bertz CT molecular complexity index is 706. The standard InChI is InChI=1S/C19H20ClFN2O2/c20-16-3-7-18(8-4-16)25-12-11-23-10-9-22(14-19(23)24)13-15-1-5-17(21)6-2-15/h1-8H,9-14H2. The topological polar surface area (TPSA) is 32.8 Å². The van der Waals surface area contributed by atoms with Gasteiger partial charge < -0.3 is 9.64 Å². The molecule has 0 unspecified atom stereocenters. The number of piperazine rings is 1. The zero-order valence-corrected chi connectivity index (χ0v) is 14.6. The molecule has 1 aliphatic rings. The van der Waals surface area contributed by atoms with Crippen molar-refractivity contribution in [2.24, 2.45) is 0 Å². The van der Waals surface area contributed by atoms with Crippen LogP contribution < -0.4 is 4.74 Å². The Morgan fingerprint density at radius 3 is 2.44 bits per heavy atom. The number of carbonyl (C=O) groups is 1. The molecule has 0 saturated carbocycles. The molecule has 0 radical (unpaired) electrons. The van der Waals surface area contributed by atoms with Crippen LogP contribution in [0.15, 0.2) is 48.5 Å². The summed E-state index contributed by atoms with van der Waals surface area (Å²) in [6.45, 7) is 3.50. The maximum Gasteiger partial charge on any atom is 0.236 e. The molecule has 1 aliphatic heterocycles. The summed E-state index contributed by atoms with van der Waals surface area (Å²) in [6, 6.07) is 13.6. The highest BCUT2D eigenvalue weighted by molar-refractivity contribution is 6.30. The van der Waals surface area contributed by atoms with E-state index in [1.54, 1.807) is 24.3 Å². The summed E-state index contributed by atoms with van der Waals surface area (Å²) in [5.41, 5.74) is 1.01. The van der Waals surface area contributed by atoms with Crippen molar-refractivity contribution in [3.63, 3.8) is 0 Å². The molecule has 0 N–H and O–H groups in total. The molecule has 0 aromatic heterocycles. The smallest absolute Gasteiger partial charge is 0.236 e. The Balaban J connectivity index is 1.43. The lowest BCUT2D eigenvalue weighted by molar-refractivity contribution is -0.136. The molecule has 4 nitrogen and oxygen atoms in total. The Hall–Kier alpha value is -2.11. The minimum atomic E-state index is -0.245. The number of amides is 1. The van der Waals surface area contributed by atoms with E-state index in [0.29, 0.717) is 37.8 Å². The first kappa shape index (κ1) is 17.7. The van der Waals surface area contributed by atoms with Crippen LogP contribution in [-0.2, 0) is 11.3 Å². The predicted octanol–water partition coefficient (Wildman–Crippen LogP) is 3.20. The van der Waals surface area contributed by atoms with Gasteiger partial charge in [-0.2, -0.15) is 0 Å².